The SMILES string of the molecule is COc1ccc(OC)c(C2CCCN2C(=O)CSc2nc3ccccc3s2)c1. The van der Waals surface area contributed by atoms with Crippen LogP contribution in [0, 0.1) is 0 Å². The zero-order chi connectivity index (χ0) is 19.5. The quantitative estimate of drug-likeness (QED) is 0.544. The molecule has 0 bridgehead atoms. The maximum Gasteiger partial charge on any atom is 0.233 e. The van der Waals surface area contributed by atoms with Gasteiger partial charge in [-0.05, 0) is 43.2 Å². The molecule has 1 aromatic heterocycles. The van der Waals surface area contributed by atoms with E-state index < -0.39 is 0 Å². The molecule has 28 heavy (non-hydrogen) atoms. The van der Waals surface area contributed by atoms with Crippen molar-refractivity contribution in [2.24, 2.45) is 0 Å². The van der Waals surface area contributed by atoms with Crippen LogP contribution in [-0.4, -0.2) is 42.3 Å². The van der Waals surface area contributed by atoms with Gasteiger partial charge in [-0.2, -0.15) is 0 Å². The summed E-state index contributed by atoms with van der Waals surface area (Å²) in [5, 5.41) is 0. The molecule has 1 unspecified atom stereocenters. The summed E-state index contributed by atoms with van der Waals surface area (Å²) in [6, 6.07) is 13.9. The first-order valence-electron chi connectivity index (χ1n) is 9.19. The van der Waals surface area contributed by atoms with Crippen LogP contribution in [0.1, 0.15) is 24.4 Å². The second kappa shape index (κ2) is 8.41. The van der Waals surface area contributed by atoms with Crippen LogP contribution in [0.25, 0.3) is 10.2 Å². The molecule has 0 spiro atoms. The number of ether oxygens (including phenoxy) is 2. The van der Waals surface area contributed by atoms with E-state index in [9.17, 15) is 4.79 Å². The summed E-state index contributed by atoms with van der Waals surface area (Å²) in [7, 11) is 3.31. The van der Waals surface area contributed by atoms with Gasteiger partial charge in [0.05, 0.1) is 36.2 Å². The van der Waals surface area contributed by atoms with Crippen molar-refractivity contribution in [1.82, 2.24) is 9.88 Å². The highest BCUT2D eigenvalue weighted by atomic mass is 32.2. The molecule has 5 nitrogen and oxygen atoms in total. The molecule has 4 rings (SSSR count). The fraction of sp³-hybridized carbons (Fsp3) is 0.333. The van der Waals surface area contributed by atoms with Crippen LogP contribution in [-0.2, 0) is 4.79 Å². The molecular formula is C21H22N2O3S2. The van der Waals surface area contributed by atoms with Crippen LogP contribution in [0.4, 0.5) is 0 Å². The Labute approximate surface area is 172 Å². The van der Waals surface area contributed by atoms with Crippen molar-refractivity contribution in [2.75, 3.05) is 26.5 Å². The number of benzene rings is 2. The summed E-state index contributed by atoms with van der Waals surface area (Å²) < 4.78 is 13.0. The number of methoxy groups -OCH3 is 2. The van der Waals surface area contributed by atoms with E-state index in [0.29, 0.717) is 5.75 Å². The molecule has 7 heteroatoms. The van der Waals surface area contributed by atoms with Crippen LogP contribution in [0.15, 0.2) is 46.8 Å². The van der Waals surface area contributed by atoms with Crippen molar-refractivity contribution in [3.63, 3.8) is 0 Å². The standard InChI is InChI=1S/C21H22N2O3S2/c1-25-14-9-10-18(26-2)15(12-14)17-7-5-11-23(17)20(24)13-27-21-22-16-6-3-4-8-19(16)28-21/h3-4,6,8-10,12,17H,5,7,11,13H2,1-2H3. The molecule has 0 aliphatic carbocycles. The van der Waals surface area contributed by atoms with E-state index in [-0.39, 0.29) is 11.9 Å². The molecule has 1 atom stereocenters. The Hall–Kier alpha value is -2.25. The number of likely N-dealkylation sites (tertiary alicyclic amines) is 1. The highest BCUT2D eigenvalue weighted by Gasteiger charge is 2.32. The Balaban J connectivity index is 1.49. The summed E-state index contributed by atoms with van der Waals surface area (Å²) in [5.74, 6) is 2.10. The molecule has 0 N–H and O–H groups in total. The van der Waals surface area contributed by atoms with Crippen LogP contribution in [0.2, 0.25) is 0 Å². The molecular weight excluding hydrogens is 392 g/mol. The number of thioether (sulfide) groups is 1. The summed E-state index contributed by atoms with van der Waals surface area (Å²) in [6.07, 6.45) is 1.92. The molecule has 146 valence electrons. The molecule has 2 aromatic carbocycles. The summed E-state index contributed by atoms with van der Waals surface area (Å²) >= 11 is 3.15. The largest absolute Gasteiger partial charge is 0.497 e. The van der Waals surface area contributed by atoms with Crippen LogP contribution in [0.3, 0.4) is 0 Å². The Kier molecular flexibility index (Phi) is 5.73. The predicted octanol–water partition coefficient (Wildman–Crippen LogP) is 4.77. The number of hydrogen-bond acceptors (Lipinski definition) is 6. The van der Waals surface area contributed by atoms with E-state index in [1.807, 2.05) is 41.3 Å². The lowest BCUT2D eigenvalue weighted by molar-refractivity contribution is -0.129. The van der Waals surface area contributed by atoms with Gasteiger partial charge in [-0.3, -0.25) is 4.79 Å². The number of carbonyl (C=O) groups excluding carboxylic acids is 1. The first kappa shape index (κ1) is 19.1. The Bertz CT molecular complexity index is 956. The fourth-order valence-corrected chi connectivity index (χ4v) is 5.56. The van der Waals surface area contributed by atoms with Crippen molar-refractivity contribution in [1.29, 1.82) is 0 Å². The molecule has 1 saturated heterocycles. The number of para-hydroxylation sites is 1. The third-order valence-corrected chi connectivity index (χ3v) is 7.13. The van der Waals surface area contributed by atoms with E-state index in [1.165, 1.54) is 11.8 Å². The zero-order valence-electron chi connectivity index (χ0n) is 15.9. The van der Waals surface area contributed by atoms with Gasteiger partial charge in [0.2, 0.25) is 5.91 Å². The normalized spacial score (nSPS) is 16.5. The van der Waals surface area contributed by atoms with Crippen LogP contribution in [0.5, 0.6) is 11.5 Å². The van der Waals surface area contributed by atoms with Gasteiger partial charge < -0.3 is 14.4 Å². The summed E-state index contributed by atoms with van der Waals surface area (Å²) in [6.45, 7) is 0.768. The maximum atomic E-state index is 13.0. The highest BCUT2D eigenvalue weighted by molar-refractivity contribution is 8.01. The third kappa shape index (κ3) is 3.82. The van der Waals surface area contributed by atoms with Crippen molar-refractivity contribution in [3.8, 4) is 11.5 Å². The lowest BCUT2D eigenvalue weighted by Gasteiger charge is -2.26. The van der Waals surface area contributed by atoms with E-state index in [1.54, 1.807) is 25.6 Å². The van der Waals surface area contributed by atoms with Gasteiger partial charge in [0.25, 0.3) is 0 Å². The van der Waals surface area contributed by atoms with E-state index in [4.69, 9.17) is 9.47 Å². The Morgan fingerprint density at radius 2 is 2.11 bits per heavy atom. The van der Waals surface area contributed by atoms with Gasteiger partial charge in [0, 0.05) is 12.1 Å². The molecule has 0 radical (unpaired) electrons. The fourth-order valence-electron chi connectivity index (χ4n) is 3.61. The van der Waals surface area contributed by atoms with Crippen molar-refractivity contribution >= 4 is 39.2 Å². The minimum absolute atomic E-state index is 0.0218. The zero-order valence-corrected chi connectivity index (χ0v) is 17.5. The van der Waals surface area contributed by atoms with E-state index in [2.05, 4.69) is 11.1 Å². The molecule has 3 aromatic rings. The van der Waals surface area contributed by atoms with Gasteiger partial charge in [-0.15, -0.1) is 11.3 Å². The maximum absolute atomic E-state index is 13.0. The van der Waals surface area contributed by atoms with Crippen LogP contribution < -0.4 is 9.47 Å². The van der Waals surface area contributed by atoms with Gasteiger partial charge in [-0.1, -0.05) is 23.9 Å². The van der Waals surface area contributed by atoms with Crippen molar-refractivity contribution in [3.05, 3.63) is 48.0 Å². The lowest BCUT2D eigenvalue weighted by Crippen LogP contribution is -2.32. The number of aromatic nitrogens is 1. The molecule has 1 aliphatic rings. The lowest BCUT2D eigenvalue weighted by atomic mass is 10.0. The first-order valence-corrected chi connectivity index (χ1v) is 11.0. The number of thiazole rings is 1. The number of fused-ring (bicyclic) bond motifs is 1. The average Bonchev–Trinajstić information content (AvgIpc) is 3.38. The van der Waals surface area contributed by atoms with Gasteiger partial charge >= 0.3 is 0 Å². The molecule has 1 amide bonds. The second-order valence-corrected chi connectivity index (χ2v) is 8.84. The highest BCUT2D eigenvalue weighted by Crippen LogP contribution is 2.39. The molecule has 1 fully saturated rings. The Morgan fingerprint density at radius 3 is 2.89 bits per heavy atom. The number of nitrogens with zero attached hydrogens (tertiary/aromatic N) is 2. The number of hydrogen-bond donors (Lipinski definition) is 0. The van der Waals surface area contributed by atoms with E-state index in [0.717, 1.165) is 51.0 Å². The van der Waals surface area contributed by atoms with E-state index >= 15 is 0 Å². The average molecular weight is 415 g/mol. The van der Waals surface area contributed by atoms with Crippen molar-refractivity contribution in [2.45, 2.75) is 23.2 Å². The predicted molar refractivity (Wildman–Crippen MR) is 114 cm³/mol. The third-order valence-electron chi connectivity index (χ3n) is 4.96. The molecule has 0 saturated carbocycles. The second-order valence-electron chi connectivity index (χ2n) is 6.59. The molecule has 1 aliphatic heterocycles. The monoisotopic (exact) mass is 414 g/mol. The number of carbonyl (C=O) groups is 1. The van der Waals surface area contributed by atoms with Gasteiger partial charge in [0.1, 0.15) is 11.5 Å². The minimum Gasteiger partial charge on any atom is -0.497 e. The summed E-state index contributed by atoms with van der Waals surface area (Å²) in [5.41, 5.74) is 2.00. The summed E-state index contributed by atoms with van der Waals surface area (Å²) in [4.78, 5) is 19.6. The first-order chi connectivity index (χ1) is 13.7. The molecule has 2 heterocycles. The van der Waals surface area contributed by atoms with Gasteiger partial charge in [0.15, 0.2) is 4.34 Å². The van der Waals surface area contributed by atoms with Crippen LogP contribution >= 0.6 is 23.1 Å². The smallest absolute Gasteiger partial charge is 0.233 e. The van der Waals surface area contributed by atoms with Gasteiger partial charge in [-0.25, -0.2) is 4.98 Å². The Morgan fingerprint density at radius 1 is 1.25 bits per heavy atom. The number of rotatable bonds is 6. The van der Waals surface area contributed by atoms with Crippen molar-refractivity contribution < 1.29 is 14.3 Å². The minimum atomic E-state index is 0.0218. The number of amides is 1. The topological polar surface area (TPSA) is 51.7 Å².